The van der Waals surface area contributed by atoms with Crippen LogP contribution in [0.1, 0.15) is 20.9 Å². The fourth-order valence-electron chi connectivity index (χ4n) is 1.94. The highest BCUT2D eigenvalue weighted by Gasteiger charge is 2.14. The van der Waals surface area contributed by atoms with Crippen LogP contribution in [0.25, 0.3) is 0 Å². The van der Waals surface area contributed by atoms with E-state index >= 15 is 0 Å². The molecule has 0 aliphatic carbocycles. The highest BCUT2D eigenvalue weighted by atomic mass is 32.1. The standard InChI is InChI=1S/C14H17N3O2S/c1-8-5-6-10(7-11(8)17(3)4)15-14-16-12(13(18)19)9(2)20-14/h5-7H,1-4H3,(H,15,16)(H,18,19). The number of anilines is 3. The molecule has 0 unspecified atom stereocenters. The third-order valence-electron chi connectivity index (χ3n) is 2.94. The quantitative estimate of drug-likeness (QED) is 0.905. The van der Waals surface area contributed by atoms with Crippen LogP contribution in [0.3, 0.4) is 0 Å². The van der Waals surface area contributed by atoms with Gasteiger partial charge in [0.25, 0.3) is 0 Å². The molecular formula is C14H17N3O2S. The average molecular weight is 291 g/mol. The first-order valence-electron chi connectivity index (χ1n) is 6.14. The number of nitrogens with one attached hydrogen (secondary N) is 1. The predicted octanol–water partition coefficient (Wildman–Crippen LogP) is 3.27. The van der Waals surface area contributed by atoms with Gasteiger partial charge < -0.3 is 15.3 Å². The monoisotopic (exact) mass is 291 g/mol. The Kier molecular flexibility index (Phi) is 3.94. The van der Waals surface area contributed by atoms with Gasteiger partial charge >= 0.3 is 5.97 Å². The highest BCUT2D eigenvalue weighted by Crippen LogP contribution is 2.28. The van der Waals surface area contributed by atoms with E-state index < -0.39 is 5.97 Å². The molecule has 5 nitrogen and oxygen atoms in total. The zero-order valence-electron chi connectivity index (χ0n) is 11.9. The molecule has 0 amide bonds. The molecule has 0 aliphatic heterocycles. The van der Waals surface area contributed by atoms with E-state index in [9.17, 15) is 4.79 Å². The zero-order chi connectivity index (χ0) is 14.9. The number of aromatic nitrogens is 1. The summed E-state index contributed by atoms with van der Waals surface area (Å²) < 4.78 is 0. The number of benzene rings is 1. The van der Waals surface area contributed by atoms with Crippen molar-refractivity contribution in [2.75, 3.05) is 24.3 Å². The maximum atomic E-state index is 11.0. The van der Waals surface area contributed by atoms with Gasteiger partial charge in [-0.05, 0) is 31.5 Å². The van der Waals surface area contributed by atoms with Crippen molar-refractivity contribution in [1.29, 1.82) is 0 Å². The summed E-state index contributed by atoms with van der Waals surface area (Å²) in [5.41, 5.74) is 3.30. The molecular weight excluding hydrogens is 274 g/mol. The number of thiazole rings is 1. The Morgan fingerprint density at radius 2 is 2.05 bits per heavy atom. The van der Waals surface area contributed by atoms with E-state index in [4.69, 9.17) is 5.11 Å². The van der Waals surface area contributed by atoms with Gasteiger partial charge in [0.1, 0.15) is 0 Å². The SMILES string of the molecule is Cc1ccc(Nc2nc(C(=O)O)c(C)s2)cc1N(C)C. The van der Waals surface area contributed by atoms with Crippen LogP contribution in [0.5, 0.6) is 0 Å². The molecule has 0 spiro atoms. The molecule has 2 rings (SSSR count). The number of aryl methyl sites for hydroxylation is 2. The van der Waals surface area contributed by atoms with Crippen LogP contribution in [-0.2, 0) is 0 Å². The number of aromatic carboxylic acids is 1. The second-order valence-electron chi connectivity index (χ2n) is 4.75. The first-order valence-corrected chi connectivity index (χ1v) is 6.96. The molecule has 1 heterocycles. The summed E-state index contributed by atoms with van der Waals surface area (Å²) in [6, 6.07) is 6.00. The van der Waals surface area contributed by atoms with E-state index in [0.717, 1.165) is 11.4 Å². The summed E-state index contributed by atoms with van der Waals surface area (Å²) in [6.07, 6.45) is 0. The molecule has 0 atom stereocenters. The molecule has 1 aromatic heterocycles. The summed E-state index contributed by atoms with van der Waals surface area (Å²) in [6.45, 7) is 3.81. The van der Waals surface area contributed by atoms with Crippen molar-refractivity contribution in [2.24, 2.45) is 0 Å². The summed E-state index contributed by atoms with van der Waals surface area (Å²) in [5.74, 6) is -0.996. The second kappa shape index (κ2) is 5.50. The summed E-state index contributed by atoms with van der Waals surface area (Å²) in [4.78, 5) is 17.8. The third-order valence-corrected chi connectivity index (χ3v) is 3.83. The Balaban J connectivity index is 2.28. The van der Waals surface area contributed by atoms with E-state index in [-0.39, 0.29) is 5.69 Å². The highest BCUT2D eigenvalue weighted by molar-refractivity contribution is 7.15. The molecule has 0 saturated heterocycles. The minimum atomic E-state index is -0.996. The third kappa shape index (κ3) is 2.91. The zero-order valence-corrected chi connectivity index (χ0v) is 12.7. The normalized spacial score (nSPS) is 10.4. The smallest absolute Gasteiger partial charge is 0.355 e. The Bertz CT molecular complexity index is 650. The van der Waals surface area contributed by atoms with Crippen molar-refractivity contribution >= 4 is 33.8 Å². The van der Waals surface area contributed by atoms with Gasteiger partial charge in [0.15, 0.2) is 10.8 Å². The van der Waals surface area contributed by atoms with Crippen molar-refractivity contribution in [3.63, 3.8) is 0 Å². The summed E-state index contributed by atoms with van der Waals surface area (Å²) in [7, 11) is 3.98. The van der Waals surface area contributed by atoms with Gasteiger partial charge in [-0.25, -0.2) is 9.78 Å². The van der Waals surface area contributed by atoms with Crippen LogP contribution >= 0.6 is 11.3 Å². The van der Waals surface area contributed by atoms with E-state index in [2.05, 4.69) is 17.2 Å². The van der Waals surface area contributed by atoms with E-state index in [0.29, 0.717) is 10.0 Å². The first kappa shape index (κ1) is 14.3. The van der Waals surface area contributed by atoms with E-state index in [1.807, 2.05) is 37.2 Å². The number of carboxylic acids is 1. The van der Waals surface area contributed by atoms with Crippen molar-refractivity contribution in [3.8, 4) is 0 Å². The Morgan fingerprint density at radius 3 is 2.60 bits per heavy atom. The lowest BCUT2D eigenvalue weighted by Gasteiger charge is -2.17. The number of hydrogen-bond acceptors (Lipinski definition) is 5. The van der Waals surface area contributed by atoms with Gasteiger partial charge in [-0.2, -0.15) is 0 Å². The van der Waals surface area contributed by atoms with Crippen LogP contribution in [-0.4, -0.2) is 30.2 Å². The minimum absolute atomic E-state index is 0.109. The van der Waals surface area contributed by atoms with Crippen LogP contribution in [0.2, 0.25) is 0 Å². The predicted molar refractivity (Wildman–Crippen MR) is 82.6 cm³/mol. The summed E-state index contributed by atoms with van der Waals surface area (Å²) >= 11 is 1.34. The number of rotatable bonds is 4. The first-order chi connectivity index (χ1) is 9.38. The molecule has 0 aliphatic rings. The molecule has 106 valence electrons. The largest absolute Gasteiger partial charge is 0.476 e. The molecule has 0 saturated carbocycles. The van der Waals surface area contributed by atoms with E-state index in [1.165, 1.54) is 16.9 Å². The van der Waals surface area contributed by atoms with Crippen molar-refractivity contribution < 1.29 is 9.90 Å². The minimum Gasteiger partial charge on any atom is -0.476 e. The van der Waals surface area contributed by atoms with E-state index in [1.54, 1.807) is 6.92 Å². The van der Waals surface area contributed by atoms with Gasteiger partial charge in [0.05, 0.1) is 0 Å². The Hall–Kier alpha value is -2.08. The molecule has 0 fully saturated rings. The maximum absolute atomic E-state index is 11.0. The average Bonchev–Trinajstić information content (AvgIpc) is 2.72. The lowest BCUT2D eigenvalue weighted by Crippen LogP contribution is -2.10. The molecule has 2 aromatic rings. The van der Waals surface area contributed by atoms with Crippen molar-refractivity contribution in [3.05, 3.63) is 34.3 Å². The molecule has 6 heteroatoms. The van der Waals surface area contributed by atoms with Crippen molar-refractivity contribution in [1.82, 2.24) is 4.98 Å². The van der Waals surface area contributed by atoms with Gasteiger partial charge in [0.2, 0.25) is 0 Å². The molecule has 2 N–H and O–H groups in total. The Morgan fingerprint density at radius 1 is 1.35 bits per heavy atom. The Labute approximate surface area is 121 Å². The van der Waals surface area contributed by atoms with Gasteiger partial charge in [-0.15, -0.1) is 11.3 Å². The number of nitrogens with zero attached hydrogens (tertiary/aromatic N) is 2. The van der Waals surface area contributed by atoms with Crippen LogP contribution < -0.4 is 10.2 Å². The fourth-order valence-corrected chi connectivity index (χ4v) is 2.77. The molecule has 0 bridgehead atoms. The maximum Gasteiger partial charge on any atom is 0.355 e. The van der Waals surface area contributed by atoms with Crippen LogP contribution in [0.15, 0.2) is 18.2 Å². The van der Waals surface area contributed by atoms with Gasteiger partial charge in [0, 0.05) is 30.3 Å². The van der Waals surface area contributed by atoms with Crippen LogP contribution in [0, 0.1) is 13.8 Å². The molecule has 0 radical (unpaired) electrons. The number of carboxylic acid groups (broad SMARTS) is 1. The molecule has 1 aromatic carbocycles. The van der Waals surface area contributed by atoms with Crippen LogP contribution in [0.4, 0.5) is 16.5 Å². The molecule has 20 heavy (non-hydrogen) atoms. The lowest BCUT2D eigenvalue weighted by molar-refractivity contribution is 0.0690. The summed E-state index contributed by atoms with van der Waals surface area (Å²) in [5, 5.41) is 12.8. The fraction of sp³-hybridized carbons (Fsp3) is 0.286. The lowest BCUT2D eigenvalue weighted by atomic mass is 10.1. The number of hydrogen-bond donors (Lipinski definition) is 2. The topological polar surface area (TPSA) is 65.5 Å². The van der Waals surface area contributed by atoms with Gasteiger partial charge in [-0.1, -0.05) is 6.07 Å². The van der Waals surface area contributed by atoms with Gasteiger partial charge in [-0.3, -0.25) is 0 Å². The van der Waals surface area contributed by atoms with Crippen molar-refractivity contribution in [2.45, 2.75) is 13.8 Å². The number of carbonyl (C=O) groups is 1. The second-order valence-corrected chi connectivity index (χ2v) is 5.95.